The van der Waals surface area contributed by atoms with Crippen molar-refractivity contribution in [3.8, 4) is 5.88 Å². The Morgan fingerprint density at radius 1 is 1.21 bits per heavy atom. The van der Waals surface area contributed by atoms with Crippen molar-refractivity contribution < 1.29 is 65.8 Å². The van der Waals surface area contributed by atoms with Crippen molar-refractivity contribution in [2.75, 3.05) is 24.3 Å². The fraction of sp³-hybridized carbons (Fsp3) is 0.600. The van der Waals surface area contributed by atoms with Crippen molar-refractivity contribution in [3.05, 3.63) is 6.33 Å². The Balaban J connectivity index is 1.67. The van der Waals surface area contributed by atoms with E-state index in [-0.39, 0.29) is 35.8 Å². The minimum absolute atomic E-state index is 0.0749. The van der Waals surface area contributed by atoms with E-state index in [1.807, 2.05) is 6.26 Å². The number of nitrogens with zero attached hydrogens (tertiary/aromatic N) is 4. The fourth-order valence-corrected chi connectivity index (χ4v) is 7.53. The van der Waals surface area contributed by atoms with Gasteiger partial charge in [0.2, 0.25) is 5.95 Å². The molecule has 220 valence electrons. The number of fused-ring (bicyclic) bond motifs is 1. The molecule has 3 rings (SSSR count). The van der Waals surface area contributed by atoms with Gasteiger partial charge in [0.25, 0.3) is 5.88 Å². The molecule has 1 fully saturated rings. The summed E-state index contributed by atoms with van der Waals surface area (Å²) in [5.74, 6) is -0.226. The predicted molar refractivity (Wildman–Crippen MR) is 135 cm³/mol. The molecule has 3 heterocycles. The molecule has 24 heteroatoms. The van der Waals surface area contributed by atoms with E-state index >= 15 is 0 Å². The van der Waals surface area contributed by atoms with Crippen LogP contribution in [0.25, 0.3) is 11.2 Å². The standard InChI is InChI=1S/C15H24N5O14P3S2/c1-38-39-4-2-3-11(22)32-14-12-13(18-15(16)19-14)20(7-17-12)10-5-8(21)9(31-10)6-30-36(26,27)34-37(28,29)33-35(23,24)25/h7-10,21H,2-6H2,1H3,(H,26,27)(H,28,29)(H2,16,18,19)(H2,23,24,25)/t8-,9-,10-/m1/s1. The maximum atomic E-state index is 12.2. The van der Waals surface area contributed by atoms with Gasteiger partial charge in [-0.2, -0.15) is 18.6 Å². The Bertz CT molecular complexity index is 1330. The Labute approximate surface area is 227 Å². The lowest BCUT2D eigenvalue weighted by atomic mass is 10.2. The maximum Gasteiger partial charge on any atom is 0.490 e. The minimum atomic E-state index is -5.70. The summed E-state index contributed by atoms with van der Waals surface area (Å²) in [6.45, 7) is -0.858. The molecule has 19 nitrogen and oxygen atoms in total. The van der Waals surface area contributed by atoms with E-state index in [1.54, 1.807) is 21.6 Å². The van der Waals surface area contributed by atoms with Gasteiger partial charge >= 0.3 is 29.4 Å². The molecule has 5 atom stereocenters. The number of aromatic nitrogens is 4. The summed E-state index contributed by atoms with van der Waals surface area (Å²) < 4.78 is 58.2. The molecule has 1 aliphatic rings. The Morgan fingerprint density at radius 3 is 2.59 bits per heavy atom. The first-order chi connectivity index (χ1) is 18.1. The van der Waals surface area contributed by atoms with Crippen molar-refractivity contribution in [2.45, 2.75) is 37.7 Å². The van der Waals surface area contributed by atoms with Gasteiger partial charge in [-0.1, -0.05) is 21.6 Å². The number of hydrogen-bond acceptors (Lipinski definition) is 16. The molecule has 2 aromatic heterocycles. The number of nitrogen functional groups attached to an aromatic ring is 1. The van der Waals surface area contributed by atoms with Crippen LogP contribution in [-0.2, 0) is 36.4 Å². The largest absolute Gasteiger partial charge is 0.490 e. The quantitative estimate of drug-likeness (QED) is 0.0718. The minimum Gasteiger partial charge on any atom is -0.405 e. The van der Waals surface area contributed by atoms with E-state index in [0.29, 0.717) is 6.42 Å². The number of imidazole rings is 1. The van der Waals surface area contributed by atoms with Crippen molar-refractivity contribution in [1.82, 2.24) is 19.5 Å². The lowest BCUT2D eigenvalue weighted by Crippen LogP contribution is -2.26. The molecule has 0 amide bonds. The van der Waals surface area contributed by atoms with Crippen LogP contribution in [0.1, 0.15) is 25.5 Å². The monoisotopic (exact) mass is 655 g/mol. The summed E-state index contributed by atoms with van der Waals surface area (Å²) in [7, 11) is -13.5. The highest BCUT2D eigenvalue weighted by Crippen LogP contribution is 2.66. The molecule has 1 saturated heterocycles. The van der Waals surface area contributed by atoms with E-state index in [4.69, 9.17) is 25.0 Å². The van der Waals surface area contributed by atoms with Crippen LogP contribution in [-0.4, -0.2) is 81.0 Å². The van der Waals surface area contributed by atoms with Crippen LogP contribution < -0.4 is 10.5 Å². The highest BCUT2D eigenvalue weighted by atomic mass is 33.1. The van der Waals surface area contributed by atoms with E-state index in [1.165, 1.54) is 10.9 Å². The SMILES string of the molecule is CSSCCCC(=O)Oc1nc(N)nc2c1ncn2[C@H]1C[C@@H](O)[C@@H](COP(=O)(O)OP(=O)(O)OP(=O)(O)O)O1. The summed E-state index contributed by atoms with van der Waals surface area (Å²) in [5.41, 5.74) is 5.93. The molecule has 0 aromatic carbocycles. The van der Waals surface area contributed by atoms with Gasteiger partial charge in [-0.15, -0.1) is 0 Å². The maximum absolute atomic E-state index is 12.2. The number of aliphatic hydroxyl groups excluding tert-OH is 1. The topological polar surface area (TPSA) is 285 Å². The molecule has 0 saturated carbocycles. The number of phosphoric acid groups is 3. The summed E-state index contributed by atoms with van der Waals surface area (Å²) in [6.07, 6.45) is 0.234. The Hall–Kier alpha value is -1.15. The summed E-state index contributed by atoms with van der Waals surface area (Å²) in [6, 6.07) is 0. The van der Waals surface area contributed by atoms with Crippen molar-refractivity contribution in [2.24, 2.45) is 0 Å². The van der Waals surface area contributed by atoms with E-state index in [9.17, 15) is 33.4 Å². The molecule has 1 aliphatic heterocycles. The number of carbonyl (C=O) groups is 1. The van der Waals surface area contributed by atoms with Gasteiger partial charge in [-0.05, 0) is 12.7 Å². The zero-order valence-electron chi connectivity index (χ0n) is 19.8. The lowest BCUT2D eigenvalue weighted by molar-refractivity contribution is -0.134. The van der Waals surface area contributed by atoms with Crippen LogP contribution in [0, 0.1) is 0 Å². The normalized spacial score (nSPS) is 23.0. The third-order valence-corrected chi connectivity index (χ3v) is 10.4. The molecule has 0 aliphatic carbocycles. The van der Waals surface area contributed by atoms with Gasteiger partial charge in [-0.3, -0.25) is 13.9 Å². The molecular formula is C15H24N5O14P3S2. The number of phosphoric ester groups is 1. The first-order valence-corrected chi connectivity index (χ1v) is 17.8. The fourth-order valence-electron chi connectivity index (χ4n) is 3.21. The Morgan fingerprint density at radius 2 is 1.92 bits per heavy atom. The number of nitrogens with two attached hydrogens (primary N) is 1. The second kappa shape index (κ2) is 13.2. The molecule has 39 heavy (non-hydrogen) atoms. The number of aliphatic hydroxyl groups is 1. The second-order valence-electron chi connectivity index (χ2n) is 7.60. The number of carbonyl (C=O) groups excluding carboxylic acids is 1. The number of rotatable bonds is 14. The zero-order chi connectivity index (χ0) is 29.0. The van der Waals surface area contributed by atoms with Crippen LogP contribution >= 0.6 is 45.1 Å². The van der Waals surface area contributed by atoms with E-state index in [2.05, 4.69) is 28.1 Å². The van der Waals surface area contributed by atoms with Crippen LogP contribution in [0.5, 0.6) is 5.88 Å². The second-order valence-corrected chi connectivity index (χ2v) is 14.7. The molecule has 0 spiro atoms. The third kappa shape index (κ3) is 9.72. The molecule has 0 bridgehead atoms. The Kier molecular flexibility index (Phi) is 11.0. The molecule has 7 N–H and O–H groups in total. The van der Waals surface area contributed by atoms with Crippen LogP contribution in [0.2, 0.25) is 0 Å². The van der Waals surface area contributed by atoms with Crippen LogP contribution in [0.15, 0.2) is 6.33 Å². The average molecular weight is 655 g/mol. The smallest absolute Gasteiger partial charge is 0.405 e. The third-order valence-electron chi connectivity index (χ3n) is 4.68. The summed E-state index contributed by atoms with van der Waals surface area (Å²) in [5, 5.41) is 10.3. The molecule has 0 radical (unpaired) electrons. The lowest BCUT2D eigenvalue weighted by Gasteiger charge is -2.19. The number of anilines is 1. The number of esters is 1. The molecule has 2 aromatic rings. The highest BCUT2D eigenvalue weighted by molar-refractivity contribution is 8.76. The van der Waals surface area contributed by atoms with E-state index < -0.39 is 54.5 Å². The van der Waals surface area contributed by atoms with Crippen molar-refractivity contribution in [3.63, 3.8) is 0 Å². The molecular weight excluding hydrogens is 631 g/mol. The van der Waals surface area contributed by atoms with Gasteiger partial charge in [0.15, 0.2) is 11.2 Å². The highest BCUT2D eigenvalue weighted by Gasteiger charge is 2.43. The van der Waals surface area contributed by atoms with Gasteiger partial charge in [-0.25, -0.2) is 18.7 Å². The van der Waals surface area contributed by atoms with Gasteiger partial charge in [0.05, 0.1) is 19.0 Å². The van der Waals surface area contributed by atoms with Crippen molar-refractivity contribution in [1.29, 1.82) is 0 Å². The van der Waals surface area contributed by atoms with Gasteiger partial charge in [0.1, 0.15) is 12.3 Å². The zero-order valence-corrected chi connectivity index (χ0v) is 24.1. The first kappa shape index (κ1) is 32.4. The number of ether oxygens (including phenoxy) is 2. The average Bonchev–Trinajstić information content (AvgIpc) is 3.36. The van der Waals surface area contributed by atoms with Crippen molar-refractivity contribution >= 4 is 68.1 Å². The van der Waals surface area contributed by atoms with Gasteiger partial charge in [0, 0.05) is 18.6 Å². The first-order valence-electron chi connectivity index (χ1n) is 10.6. The van der Waals surface area contributed by atoms with Crippen LogP contribution in [0.4, 0.5) is 5.95 Å². The molecule has 2 unspecified atom stereocenters. The summed E-state index contributed by atoms with van der Waals surface area (Å²) in [4.78, 5) is 60.3. The van der Waals surface area contributed by atoms with E-state index in [0.717, 1.165) is 5.75 Å². The van der Waals surface area contributed by atoms with Crippen LogP contribution in [0.3, 0.4) is 0 Å². The predicted octanol–water partition coefficient (Wildman–Crippen LogP) is 1.10. The summed E-state index contributed by atoms with van der Waals surface area (Å²) >= 11 is 0. The van der Waals surface area contributed by atoms with Gasteiger partial charge < -0.3 is 39.9 Å². The number of hydrogen-bond donors (Lipinski definition) is 6.